The van der Waals surface area contributed by atoms with E-state index in [1.54, 1.807) is 16.8 Å². The number of phenols is 1. The molecule has 1 saturated heterocycles. The van der Waals surface area contributed by atoms with Gasteiger partial charge in [-0.2, -0.15) is 5.10 Å². The Kier molecular flexibility index (Phi) is 5.24. The number of rotatable bonds is 5. The summed E-state index contributed by atoms with van der Waals surface area (Å²) in [4.78, 5) is 19.7. The van der Waals surface area contributed by atoms with Crippen molar-refractivity contribution in [1.29, 1.82) is 0 Å². The number of phenolic OH excluding ortho intramolecular Hbond substituents is 1. The molecule has 1 aliphatic rings. The first-order chi connectivity index (χ1) is 15.5. The molecule has 3 heterocycles. The third kappa shape index (κ3) is 3.90. The van der Waals surface area contributed by atoms with Crippen molar-refractivity contribution in [1.82, 2.24) is 24.2 Å². The third-order valence-electron chi connectivity index (χ3n) is 6.19. The Morgan fingerprint density at radius 3 is 2.47 bits per heavy atom. The van der Waals surface area contributed by atoms with Crippen molar-refractivity contribution in [3.8, 4) is 11.4 Å². The van der Waals surface area contributed by atoms with Gasteiger partial charge in [-0.3, -0.25) is 14.3 Å². The van der Waals surface area contributed by atoms with E-state index >= 15 is 0 Å². The van der Waals surface area contributed by atoms with Crippen LogP contribution in [0.1, 0.15) is 18.4 Å². The highest BCUT2D eigenvalue weighted by Crippen LogP contribution is 2.26. The summed E-state index contributed by atoms with van der Waals surface area (Å²) in [6.45, 7) is 2.19. The van der Waals surface area contributed by atoms with Gasteiger partial charge in [0.15, 0.2) is 5.65 Å². The summed E-state index contributed by atoms with van der Waals surface area (Å²) >= 11 is 0. The number of aromatic hydroxyl groups is 1. The highest BCUT2D eigenvalue weighted by molar-refractivity contribution is 5.74. The van der Waals surface area contributed by atoms with Crippen molar-refractivity contribution >= 4 is 11.0 Å². The molecule has 32 heavy (non-hydrogen) atoms. The molecule has 1 fully saturated rings. The zero-order chi connectivity index (χ0) is 22.1. The van der Waals surface area contributed by atoms with Crippen molar-refractivity contribution in [3.63, 3.8) is 0 Å². The van der Waals surface area contributed by atoms with Crippen molar-refractivity contribution in [2.45, 2.75) is 31.5 Å². The van der Waals surface area contributed by atoms with Crippen LogP contribution in [-0.4, -0.2) is 53.1 Å². The van der Waals surface area contributed by atoms with Gasteiger partial charge in [0.05, 0.1) is 24.0 Å². The fourth-order valence-corrected chi connectivity index (χ4v) is 4.31. The monoisotopic (exact) mass is 431 g/mol. The molecular formula is C24H25N5O3. The number of piperidine rings is 1. The van der Waals surface area contributed by atoms with Crippen LogP contribution in [0.4, 0.5) is 0 Å². The number of aliphatic hydroxyl groups is 1. The molecule has 0 saturated carbocycles. The number of fused-ring (bicyclic) bond motifs is 1. The molecule has 8 heteroatoms. The van der Waals surface area contributed by atoms with Gasteiger partial charge in [-0.05, 0) is 31.0 Å². The van der Waals surface area contributed by atoms with E-state index in [4.69, 9.17) is 0 Å². The fourth-order valence-electron chi connectivity index (χ4n) is 4.31. The average molecular weight is 431 g/mol. The number of nitrogens with zero attached hydrogens (tertiary/aromatic N) is 5. The van der Waals surface area contributed by atoms with Crippen LogP contribution in [0.15, 0.2) is 71.9 Å². The summed E-state index contributed by atoms with van der Waals surface area (Å²) in [5.74, 6) is 0.287. The quantitative estimate of drug-likeness (QED) is 0.503. The molecule has 0 aliphatic carbocycles. The molecule has 0 atom stereocenters. The molecule has 0 bridgehead atoms. The first-order valence-electron chi connectivity index (χ1n) is 10.7. The van der Waals surface area contributed by atoms with Crippen LogP contribution in [0.5, 0.6) is 5.75 Å². The maximum Gasteiger partial charge on any atom is 0.264 e. The normalized spacial score (nSPS) is 16.4. The minimum Gasteiger partial charge on any atom is -0.508 e. The number of hydrogen-bond acceptors (Lipinski definition) is 6. The SMILES string of the molecule is O=c1c2cnn(-c3ccccc3)c2ncn1CC1(O)CCN(Cc2ccccc2O)CC1. The van der Waals surface area contributed by atoms with Crippen molar-refractivity contribution in [3.05, 3.63) is 83.0 Å². The van der Waals surface area contributed by atoms with E-state index in [0.29, 0.717) is 43.5 Å². The number of hydrogen-bond donors (Lipinski definition) is 2. The van der Waals surface area contributed by atoms with Crippen LogP contribution >= 0.6 is 0 Å². The average Bonchev–Trinajstić information content (AvgIpc) is 3.24. The highest BCUT2D eigenvalue weighted by atomic mass is 16.3. The molecule has 0 unspecified atom stereocenters. The summed E-state index contributed by atoms with van der Waals surface area (Å²) in [5.41, 5.74) is 1.02. The van der Waals surface area contributed by atoms with E-state index < -0.39 is 5.60 Å². The van der Waals surface area contributed by atoms with Gasteiger partial charge < -0.3 is 10.2 Å². The second-order valence-electron chi connectivity index (χ2n) is 8.44. The lowest BCUT2D eigenvalue weighted by Crippen LogP contribution is -2.47. The van der Waals surface area contributed by atoms with Crippen LogP contribution < -0.4 is 5.56 Å². The maximum absolute atomic E-state index is 13.1. The molecule has 2 aromatic heterocycles. The molecule has 8 nitrogen and oxygen atoms in total. The van der Waals surface area contributed by atoms with E-state index in [1.165, 1.54) is 17.1 Å². The summed E-state index contributed by atoms with van der Waals surface area (Å²) in [5, 5.41) is 25.9. The van der Waals surface area contributed by atoms with Gasteiger partial charge in [-0.1, -0.05) is 36.4 Å². The Morgan fingerprint density at radius 2 is 1.72 bits per heavy atom. The zero-order valence-corrected chi connectivity index (χ0v) is 17.6. The van der Waals surface area contributed by atoms with Gasteiger partial charge in [0.25, 0.3) is 5.56 Å². The molecule has 0 radical (unpaired) electrons. The van der Waals surface area contributed by atoms with Gasteiger partial charge in [0.1, 0.15) is 17.5 Å². The first kappa shape index (κ1) is 20.4. The maximum atomic E-state index is 13.1. The van der Waals surface area contributed by atoms with Crippen molar-refractivity contribution in [2.75, 3.05) is 13.1 Å². The fraction of sp³-hybridized carbons (Fsp3) is 0.292. The van der Waals surface area contributed by atoms with Gasteiger partial charge in [-0.15, -0.1) is 0 Å². The Labute approximate surface area is 185 Å². The van der Waals surface area contributed by atoms with Crippen LogP contribution in [0.25, 0.3) is 16.7 Å². The number of para-hydroxylation sites is 2. The molecular weight excluding hydrogens is 406 g/mol. The molecule has 0 spiro atoms. The number of benzene rings is 2. The van der Waals surface area contributed by atoms with Gasteiger partial charge in [0, 0.05) is 25.2 Å². The second-order valence-corrected chi connectivity index (χ2v) is 8.44. The molecule has 5 rings (SSSR count). The van der Waals surface area contributed by atoms with Crippen LogP contribution in [0.3, 0.4) is 0 Å². The Bertz CT molecular complexity index is 1290. The van der Waals surface area contributed by atoms with Crippen LogP contribution in [-0.2, 0) is 13.1 Å². The summed E-state index contributed by atoms with van der Waals surface area (Å²) in [6.07, 6.45) is 4.11. The number of aromatic nitrogens is 4. The molecule has 1 aliphatic heterocycles. The standard InChI is InChI=1S/C24H25N5O3/c30-21-9-5-4-6-18(21)15-27-12-10-24(32,11-13-27)16-28-17-25-22-20(23(28)31)14-26-29(22)19-7-2-1-3-8-19/h1-9,14,17,30,32H,10-13,15-16H2. The predicted octanol–water partition coefficient (Wildman–Crippen LogP) is 2.31. The first-order valence-corrected chi connectivity index (χ1v) is 10.7. The topological polar surface area (TPSA) is 96.4 Å². The molecule has 4 aromatic rings. The van der Waals surface area contributed by atoms with Gasteiger partial charge in [0.2, 0.25) is 0 Å². The lowest BCUT2D eigenvalue weighted by Gasteiger charge is -2.38. The molecule has 164 valence electrons. The van der Waals surface area contributed by atoms with Gasteiger partial charge in [-0.25, -0.2) is 9.67 Å². The smallest absolute Gasteiger partial charge is 0.264 e. The minimum absolute atomic E-state index is 0.190. The molecule has 0 amide bonds. The summed E-state index contributed by atoms with van der Waals surface area (Å²) < 4.78 is 3.13. The van der Waals surface area contributed by atoms with E-state index in [9.17, 15) is 15.0 Å². The Morgan fingerprint density at radius 1 is 1.00 bits per heavy atom. The second kappa shape index (κ2) is 8.22. The Balaban J connectivity index is 1.31. The summed E-state index contributed by atoms with van der Waals surface area (Å²) in [6, 6.07) is 16.9. The summed E-state index contributed by atoms with van der Waals surface area (Å²) in [7, 11) is 0. The number of likely N-dealkylation sites (tertiary alicyclic amines) is 1. The van der Waals surface area contributed by atoms with Crippen LogP contribution in [0, 0.1) is 0 Å². The predicted molar refractivity (Wildman–Crippen MR) is 121 cm³/mol. The van der Waals surface area contributed by atoms with E-state index in [-0.39, 0.29) is 17.9 Å². The highest BCUT2D eigenvalue weighted by Gasteiger charge is 2.33. The van der Waals surface area contributed by atoms with Crippen molar-refractivity contribution in [2.24, 2.45) is 0 Å². The molecule has 2 N–H and O–H groups in total. The minimum atomic E-state index is -0.982. The third-order valence-corrected chi connectivity index (χ3v) is 6.19. The Hall–Kier alpha value is -3.49. The van der Waals surface area contributed by atoms with E-state index in [2.05, 4.69) is 15.0 Å². The van der Waals surface area contributed by atoms with E-state index in [1.807, 2.05) is 42.5 Å². The van der Waals surface area contributed by atoms with Crippen molar-refractivity contribution < 1.29 is 10.2 Å². The lowest BCUT2D eigenvalue weighted by molar-refractivity contribution is -0.0365. The van der Waals surface area contributed by atoms with Crippen LogP contribution in [0.2, 0.25) is 0 Å². The zero-order valence-electron chi connectivity index (χ0n) is 17.6. The van der Waals surface area contributed by atoms with E-state index in [0.717, 1.165) is 11.3 Å². The largest absolute Gasteiger partial charge is 0.508 e. The molecule has 2 aromatic carbocycles. The lowest BCUT2D eigenvalue weighted by atomic mass is 9.91. The van der Waals surface area contributed by atoms with Gasteiger partial charge >= 0.3 is 0 Å².